The molecule has 0 aliphatic heterocycles. The Labute approximate surface area is 86.7 Å². The fourth-order valence-electron chi connectivity index (χ4n) is 1.02. The van der Waals surface area contributed by atoms with Crippen LogP contribution in [-0.2, 0) is 4.79 Å². The number of anilines is 1. The first-order valence-corrected chi connectivity index (χ1v) is 4.48. The number of nitrogens with two attached hydrogens (primary N) is 1. The number of amides is 1. The van der Waals surface area contributed by atoms with E-state index >= 15 is 0 Å². The minimum atomic E-state index is -0.361. The lowest BCUT2D eigenvalue weighted by Gasteiger charge is -2.11. The van der Waals surface area contributed by atoms with Crippen molar-refractivity contribution in [2.24, 2.45) is 5.73 Å². The van der Waals surface area contributed by atoms with Crippen LogP contribution >= 0.6 is 11.6 Å². The van der Waals surface area contributed by atoms with E-state index in [1.165, 1.54) is 12.4 Å². The monoisotopic (exact) mass is 214 g/mol. The second kappa shape index (κ2) is 4.76. The van der Waals surface area contributed by atoms with Gasteiger partial charge in [0.25, 0.3) is 0 Å². The average molecular weight is 215 g/mol. The van der Waals surface area contributed by atoms with Gasteiger partial charge in [-0.1, -0.05) is 11.6 Å². The summed E-state index contributed by atoms with van der Waals surface area (Å²) < 4.78 is 0. The molecule has 1 aromatic rings. The normalized spacial score (nSPS) is 12.1. The van der Waals surface area contributed by atoms with Crippen LogP contribution < -0.4 is 11.1 Å². The van der Waals surface area contributed by atoms with Crippen LogP contribution in [0.5, 0.6) is 0 Å². The molecule has 14 heavy (non-hydrogen) atoms. The molecule has 1 amide bonds. The summed E-state index contributed by atoms with van der Waals surface area (Å²) in [5.41, 5.74) is 5.04. The Bertz CT molecular complexity index is 331. The van der Waals surface area contributed by atoms with Gasteiger partial charge in [0.15, 0.2) is 0 Å². The van der Waals surface area contributed by atoms with Crippen molar-refractivity contribution in [1.82, 2.24) is 9.97 Å². The second-order valence-electron chi connectivity index (χ2n) is 2.94. The molecule has 3 N–H and O–H groups in total. The predicted octanol–water partition coefficient (Wildman–Crippen LogP) is 0.806. The molecule has 0 radical (unpaired) electrons. The zero-order chi connectivity index (χ0) is 10.6. The lowest BCUT2D eigenvalue weighted by atomic mass is 10.2. The Hall–Kier alpha value is -1.36. The maximum atomic E-state index is 10.6. The smallest absolute Gasteiger partial charge is 0.219 e. The molecule has 0 aliphatic rings. The highest BCUT2D eigenvalue weighted by atomic mass is 35.5. The van der Waals surface area contributed by atoms with Crippen LogP contribution in [-0.4, -0.2) is 21.9 Å². The van der Waals surface area contributed by atoms with Crippen molar-refractivity contribution in [2.75, 3.05) is 5.32 Å². The van der Waals surface area contributed by atoms with Gasteiger partial charge >= 0.3 is 0 Å². The number of nitrogens with one attached hydrogen (secondary N) is 1. The van der Waals surface area contributed by atoms with Gasteiger partial charge in [-0.3, -0.25) is 9.78 Å². The molecule has 6 heteroatoms. The summed E-state index contributed by atoms with van der Waals surface area (Å²) in [6.45, 7) is 1.83. The van der Waals surface area contributed by atoms with Crippen LogP contribution in [0.1, 0.15) is 13.3 Å². The van der Waals surface area contributed by atoms with E-state index in [1.807, 2.05) is 6.92 Å². The van der Waals surface area contributed by atoms with Gasteiger partial charge in [0, 0.05) is 12.5 Å². The molecule has 1 atom stereocenters. The number of hydrogen-bond acceptors (Lipinski definition) is 4. The maximum absolute atomic E-state index is 10.6. The van der Waals surface area contributed by atoms with E-state index in [4.69, 9.17) is 17.3 Å². The fourth-order valence-corrected chi connectivity index (χ4v) is 1.16. The minimum Gasteiger partial charge on any atom is -0.370 e. The third-order valence-corrected chi connectivity index (χ3v) is 1.69. The molecule has 0 saturated heterocycles. The Balaban J connectivity index is 2.55. The summed E-state index contributed by atoms with van der Waals surface area (Å²) in [7, 11) is 0. The van der Waals surface area contributed by atoms with Crippen molar-refractivity contribution in [3.8, 4) is 0 Å². The molecular weight excluding hydrogens is 204 g/mol. The third kappa shape index (κ3) is 3.57. The lowest BCUT2D eigenvalue weighted by molar-refractivity contribution is -0.118. The first kappa shape index (κ1) is 10.7. The molecule has 1 rings (SSSR count). The molecule has 0 spiro atoms. The molecule has 0 aliphatic carbocycles. The van der Waals surface area contributed by atoms with Crippen LogP contribution in [0.25, 0.3) is 0 Å². The molecule has 0 aromatic carbocycles. The molecule has 1 aromatic heterocycles. The number of nitrogens with zero attached hydrogens (tertiary/aromatic N) is 2. The fraction of sp³-hybridized carbons (Fsp3) is 0.375. The summed E-state index contributed by atoms with van der Waals surface area (Å²) >= 11 is 5.63. The predicted molar refractivity (Wildman–Crippen MR) is 53.9 cm³/mol. The van der Waals surface area contributed by atoms with Gasteiger partial charge in [-0.15, -0.1) is 0 Å². The van der Waals surface area contributed by atoms with E-state index < -0.39 is 0 Å². The Morgan fingerprint density at radius 3 is 3.00 bits per heavy atom. The van der Waals surface area contributed by atoms with E-state index in [0.717, 1.165) is 0 Å². The minimum absolute atomic E-state index is 0.0831. The van der Waals surface area contributed by atoms with Crippen molar-refractivity contribution in [1.29, 1.82) is 0 Å². The molecule has 5 nitrogen and oxygen atoms in total. The third-order valence-electron chi connectivity index (χ3n) is 1.51. The number of rotatable bonds is 4. The number of primary amides is 1. The highest BCUT2D eigenvalue weighted by Crippen LogP contribution is 2.08. The van der Waals surface area contributed by atoms with Gasteiger partial charge in [-0.05, 0) is 6.92 Å². The topological polar surface area (TPSA) is 80.9 Å². The summed E-state index contributed by atoms with van der Waals surface area (Å²) in [5.74, 6) is 0.172. The number of carbonyl (C=O) groups excluding carboxylic acids is 1. The van der Waals surface area contributed by atoms with E-state index in [9.17, 15) is 4.79 Å². The quantitative estimate of drug-likeness (QED) is 0.777. The molecule has 1 unspecified atom stereocenters. The van der Waals surface area contributed by atoms with Gasteiger partial charge in [0.1, 0.15) is 11.0 Å². The molecular formula is C8H11ClN4O. The molecule has 0 bridgehead atoms. The van der Waals surface area contributed by atoms with E-state index in [0.29, 0.717) is 11.0 Å². The van der Waals surface area contributed by atoms with E-state index in [-0.39, 0.29) is 18.4 Å². The van der Waals surface area contributed by atoms with Crippen molar-refractivity contribution in [2.45, 2.75) is 19.4 Å². The second-order valence-corrected chi connectivity index (χ2v) is 3.33. The maximum Gasteiger partial charge on any atom is 0.219 e. The van der Waals surface area contributed by atoms with Gasteiger partial charge in [0.05, 0.1) is 12.4 Å². The number of halogens is 1. The molecule has 0 fully saturated rings. The molecule has 0 saturated carbocycles. The van der Waals surface area contributed by atoms with Crippen LogP contribution in [0.3, 0.4) is 0 Å². The first-order chi connectivity index (χ1) is 6.58. The summed E-state index contributed by atoms with van der Waals surface area (Å²) in [5, 5.41) is 3.26. The van der Waals surface area contributed by atoms with E-state index in [2.05, 4.69) is 15.3 Å². The Kier molecular flexibility index (Phi) is 3.64. The number of carbonyl (C=O) groups is 1. The largest absolute Gasteiger partial charge is 0.370 e. The first-order valence-electron chi connectivity index (χ1n) is 4.10. The zero-order valence-electron chi connectivity index (χ0n) is 7.70. The molecule has 1 heterocycles. The molecule has 76 valence electrons. The van der Waals surface area contributed by atoms with E-state index in [1.54, 1.807) is 0 Å². The standard InChI is InChI=1S/C8H11ClN4O/c1-5(2-7(10)14)12-8-4-11-3-6(9)13-8/h3-5H,2H2,1H3,(H2,10,14)(H,12,13). The van der Waals surface area contributed by atoms with Crippen LogP contribution in [0.15, 0.2) is 12.4 Å². The summed E-state index contributed by atoms with van der Waals surface area (Å²) in [6, 6.07) is -0.0831. The van der Waals surface area contributed by atoms with Crippen LogP contribution in [0, 0.1) is 0 Å². The van der Waals surface area contributed by atoms with Gasteiger partial charge in [-0.2, -0.15) is 0 Å². The summed E-state index contributed by atoms with van der Waals surface area (Å²) in [6.07, 6.45) is 3.21. The Morgan fingerprint density at radius 2 is 2.43 bits per heavy atom. The zero-order valence-corrected chi connectivity index (χ0v) is 8.45. The SMILES string of the molecule is CC(CC(N)=O)Nc1cncc(Cl)n1. The van der Waals surface area contributed by atoms with Crippen molar-refractivity contribution >= 4 is 23.3 Å². The number of hydrogen-bond donors (Lipinski definition) is 2. The van der Waals surface area contributed by atoms with Crippen molar-refractivity contribution in [3.63, 3.8) is 0 Å². The average Bonchev–Trinajstić information content (AvgIpc) is 2.01. The lowest BCUT2D eigenvalue weighted by Crippen LogP contribution is -2.24. The Morgan fingerprint density at radius 1 is 1.71 bits per heavy atom. The number of aromatic nitrogens is 2. The van der Waals surface area contributed by atoms with Gasteiger partial charge < -0.3 is 11.1 Å². The van der Waals surface area contributed by atoms with Gasteiger partial charge in [-0.25, -0.2) is 4.98 Å². The van der Waals surface area contributed by atoms with Crippen molar-refractivity contribution < 1.29 is 4.79 Å². The summed E-state index contributed by atoms with van der Waals surface area (Å²) in [4.78, 5) is 18.4. The van der Waals surface area contributed by atoms with Crippen LogP contribution in [0.4, 0.5) is 5.82 Å². The highest BCUT2D eigenvalue weighted by molar-refractivity contribution is 6.29. The highest BCUT2D eigenvalue weighted by Gasteiger charge is 2.06. The van der Waals surface area contributed by atoms with Gasteiger partial charge in [0.2, 0.25) is 5.91 Å². The van der Waals surface area contributed by atoms with Crippen LogP contribution in [0.2, 0.25) is 5.15 Å². The van der Waals surface area contributed by atoms with Crippen molar-refractivity contribution in [3.05, 3.63) is 17.5 Å².